The number of fused-ring (bicyclic) bond motifs is 1. The van der Waals surface area contributed by atoms with E-state index in [1.807, 2.05) is 28.8 Å². The molecule has 0 radical (unpaired) electrons. The highest BCUT2D eigenvalue weighted by atomic mass is 19.1. The largest absolute Gasteiger partial charge is 0.384 e. The Morgan fingerprint density at radius 3 is 2.38 bits per heavy atom. The number of rotatable bonds is 7. The van der Waals surface area contributed by atoms with Gasteiger partial charge in [0.25, 0.3) is 11.8 Å². The number of amides is 2. The Hall–Kier alpha value is -3.72. The van der Waals surface area contributed by atoms with Gasteiger partial charge in [-0.25, -0.2) is 4.39 Å². The van der Waals surface area contributed by atoms with Crippen LogP contribution in [0.2, 0.25) is 0 Å². The van der Waals surface area contributed by atoms with Crippen LogP contribution >= 0.6 is 0 Å². The van der Waals surface area contributed by atoms with Gasteiger partial charge in [0.05, 0.1) is 0 Å². The van der Waals surface area contributed by atoms with Gasteiger partial charge in [0, 0.05) is 54.8 Å². The van der Waals surface area contributed by atoms with Gasteiger partial charge in [-0.1, -0.05) is 24.3 Å². The molecule has 4 rings (SSSR count). The van der Waals surface area contributed by atoms with Crippen LogP contribution in [0, 0.1) is 5.41 Å². The monoisotopic (exact) mass is 464 g/mol. The molecule has 0 bridgehead atoms. The van der Waals surface area contributed by atoms with Crippen LogP contribution in [0.15, 0.2) is 48.5 Å². The lowest BCUT2D eigenvalue weighted by Crippen LogP contribution is -2.39. The Balaban J connectivity index is 1.68. The summed E-state index contributed by atoms with van der Waals surface area (Å²) in [5.74, 6) is -0.396. The first-order valence-electron chi connectivity index (χ1n) is 11.4. The Bertz CT molecular complexity index is 1210. The summed E-state index contributed by atoms with van der Waals surface area (Å²) in [5.41, 5.74) is 14.4. The van der Waals surface area contributed by atoms with Crippen molar-refractivity contribution in [2.75, 3.05) is 26.2 Å². The fourth-order valence-corrected chi connectivity index (χ4v) is 4.21. The number of amidine groups is 1. The number of carbonyl (C=O) groups excluding carboxylic acids is 2. The Morgan fingerprint density at radius 2 is 1.74 bits per heavy atom. The van der Waals surface area contributed by atoms with Gasteiger partial charge in [0.15, 0.2) is 0 Å². The number of benzene rings is 2. The van der Waals surface area contributed by atoms with E-state index in [1.165, 1.54) is 0 Å². The van der Waals surface area contributed by atoms with Gasteiger partial charge < -0.3 is 26.3 Å². The average molecular weight is 465 g/mol. The van der Waals surface area contributed by atoms with Crippen molar-refractivity contribution in [1.29, 1.82) is 5.41 Å². The molecule has 2 aromatic carbocycles. The normalized spacial score (nSPS) is 14.4. The van der Waals surface area contributed by atoms with E-state index in [9.17, 15) is 14.0 Å². The fraction of sp³-hybridized carbons (Fsp3) is 0.320. The van der Waals surface area contributed by atoms with Crippen LogP contribution in [0.3, 0.4) is 0 Å². The Labute approximate surface area is 197 Å². The van der Waals surface area contributed by atoms with Gasteiger partial charge in [-0.15, -0.1) is 0 Å². The molecule has 2 heterocycles. The molecule has 0 unspecified atom stereocenters. The third-order valence-electron chi connectivity index (χ3n) is 6.13. The van der Waals surface area contributed by atoms with Crippen molar-refractivity contribution in [3.63, 3.8) is 0 Å². The molecular weight excluding hydrogens is 435 g/mol. The van der Waals surface area contributed by atoms with E-state index in [0.29, 0.717) is 62.4 Å². The number of hydrogen-bond acceptors (Lipinski definition) is 4. The Kier molecular flexibility index (Phi) is 6.93. The molecular formula is C25H29FN6O2. The van der Waals surface area contributed by atoms with Gasteiger partial charge in [-0.05, 0) is 42.7 Å². The number of halogens is 1. The molecule has 0 spiro atoms. The van der Waals surface area contributed by atoms with Crippen molar-refractivity contribution in [2.24, 2.45) is 11.5 Å². The molecule has 8 nitrogen and oxygen atoms in total. The second-order valence-corrected chi connectivity index (χ2v) is 8.51. The molecule has 2 amide bonds. The van der Waals surface area contributed by atoms with E-state index >= 15 is 0 Å². The molecule has 0 saturated carbocycles. The van der Waals surface area contributed by atoms with Crippen LogP contribution in [-0.2, 0) is 6.54 Å². The predicted octanol–water partition coefficient (Wildman–Crippen LogP) is 2.24. The molecule has 0 atom stereocenters. The molecule has 0 aliphatic carbocycles. The molecule has 3 aromatic rings. The molecule has 1 aromatic heterocycles. The third-order valence-corrected chi connectivity index (χ3v) is 6.13. The summed E-state index contributed by atoms with van der Waals surface area (Å²) in [4.78, 5) is 27.3. The standard InChI is InChI=1S/C25H29FN6O2/c26-20-7-11-31(12-8-20)25(34)22-13-18-5-6-19(23(28)29)14-21(18)32(22)15-16-1-3-17(4-2-16)24(33)30-10-9-27/h1-6,13-14,20H,7-12,15,27H2,(H3,28,29)(H,30,33). The minimum Gasteiger partial charge on any atom is -0.384 e. The van der Waals surface area contributed by atoms with Crippen LogP contribution < -0.4 is 16.8 Å². The van der Waals surface area contributed by atoms with Crippen LogP contribution in [0.4, 0.5) is 4.39 Å². The highest BCUT2D eigenvalue weighted by Gasteiger charge is 2.26. The molecule has 9 heteroatoms. The summed E-state index contributed by atoms with van der Waals surface area (Å²) in [6.45, 7) is 1.92. The predicted molar refractivity (Wildman–Crippen MR) is 130 cm³/mol. The van der Waals surface area contributed by atoms with E-state index in [2.05, 4.69) is 5.32 Å². The molecule has 1 aliphatic rings. The first-order chi connectivity index (χ1) is 16.4. The second-order valence-electron chi connectivity index (χ2n) is 8.51. The zero-order valence-corrected chi connectivity index (χ0v) is 18.9. The van der Waals surface area contributed by atoms with Crippen LogP contribution in [0.5, 0.6) is 0 Å². The first-order valence-corrected chi connectivity index (χ1v) is 11.4. The number of nitrogens with one attached hydrogen (secondary N) is 2. The van der Waals surface area contributed by atoms with Gasteiger partial charge in [0.1, 0.15) is 17.7 Å². The Morgan fingerprint density at radius 1 is 1.06 bits per heavy atom. The lowest BCUT2D eigenvalue weighted by molar-refractivity contribution is 0.0657. The van der Waals surface area contributed by atoms with Gasteiger partial charge in [-0.2, -0.15) is 0 Å². The van der Waals surface area contributed by atoms with Crippen molar-refractivity contribution >= 4 is 28.6 Å². The SMILES string of the molecule is N=C(N)c1ccc2cc(C(=O)N3CCC(F)CC3)n(Cc3ccc(C(=O)NCCN)cc3)c2c1. The number of nitrogens with zero attached hydrogens (tertiary/aromatic N) is 2. The molecule has 178 valence electrons. The molecule has 1 saturated heterocycles. The quantitative estimate of drug-likeness (QED) is 0.316. The van der Waals surface area contributed by atoms with Crippen molar-refractivity contribution in [2.45, 2.75) is 25.6 Å². The number of carbonyl (C=O) groups is 2. The number of nitrogens with two attached hydrogens (primary N) is 2. The number of likely N-dealkylation sites (tertiary alicyclic amines) is 1. The molecule has 1 aliphatic heterocycles. The fourth-order valence-electron chi connectivity index (χ4n) is 4.21. The highest BCUT2D eigenvalue weighted by Crippen LogP contribution is 2.25. The summed E-state index contributed by atoms with van der Waals surface area (Å²) >= 11 is 0. The van der Waals surface area contributed by atoms with Crippen LogP contribution in [0.25, 0.3) is 10.9 Å². The lowest BCUT2D eigenvalue weighted by Gasteiger charge is -2.29. The topological polar surface area (TPSA) is 130 Å². The summed E-state index contributed by atoms with van der Waals surface area (Å²) in [5, 5.41) is 11.4. The molecule has 34 heavy (non-hydrogen) atoms. The van der Waals surface area contributed by atoms with Crippen molar-refractivity contribution in [3.05, 3.63) is 70.9 Å². The summed E-state index contributed by atoms with van der Waals surface area (Å²) < 4.78 is 15.5. The van der Waals surface area contributed by atoms with Crippen molar-refractivity contribution in [3.8, 4) is 0 Å². The van der Waals surface area contributed by atoms with Crippen LogP contribution in [0.1, 0.15) is 44.8 Å². The van der Waals surface area contributed by atoms with E-state index < -0.39 is 6.17 Å². The van der Waals surface area contributed by atoms with Gasteiger partial charge >= 0.3 is 0 Å². The average Bonchev–Trinajstić information content (AvgIpc) is 3.20. The number of alkyl halides is 1. The van der Waals surface area contributed by atoms with Gasteiger partial charge in [0.2, 0.25) is 0 Å². The van der Waals surface area contributed by atoms with Crippen molar-refractivity contribution < 1.29 is 14.0 Å². The van der Waals surface area contributed by atoms with Gasteiger partial charge in [-0.3, -0.25) is 15.0 Å². The first kappa shape index (κ1) is 23.4. The van der Waals surface area contributed by atoms with E-state index in [-0.39, 0.29) is 17.6 Å². The smallest absolute Gasteiger partial charge is 0.270 e. The maximum atomic E-state index is 13.6. The number of piperidine rings is 1. The second kappa shape index (κ2) is 10.0. The van der Waals surface area contributed by atoms with Crippen molar-refractivity contribution in [1.82, 2.24) is 14.8 Å². The summed E-state index contributed by atoms with van der Waals surface area (Å²) in [7, 11) is 0. The maximum absolute atomic E-state index is 13.6. The zero-order chi connectivity index (χ0) is 24.2. The van der Waals surface area contributed by atoms with Crippen LogP contribution in [-0.4, -0.2) is 59.5 Å². The zero-order valence-electron chi connectivity index (χ0n) is 18.9. The minimum atomic E-state index is -0.867. The minimum absolute atomic E-state index is 0.0552. The maximum Gasteiger partial charge on any atom is 0.270 e. The number of hydrogen-bond donors (Lipinski definition) is 4. The highest BCUT2D eigenvalue weighted by molar-refractivity contribution is 6.02. The third kappa shape index (κ3) is 4.94. The summed E-state index contributed by atoms with van der Waals surface area (Å²) in [6.07, 6.45) is -0.184. The molecule has 1 fully saturated rings. The number of nitrogen functional groups attached to an aromatic ring is 1. The van der Waals surface area contributed by atoms with E-state index in [0.717, 1.165) is 16.5 Å². The molecule has 6 N–H and O–H groups in total. The lowest BCUT2D eigenvalue weighted by atomic mass is 10.1. The summed E-state index contributed by atoms with van der Waals surface area (Å²) in [6, 6.07) is 14.4. The van der Waals surface area contributed by atoms with E-state index in [1.54, 1.807) is 29.2 Å². The number of aromatic nitrogens is 1. The van der Waals surface area contributed by atoms with E-state index in [4.69, 9.17) is 16.9 Å².